The number of amides is 1. The molecule has 0 aromatic heterocycles. The predicted octanol–water partition coefficient (Wildman–Crippen LogP) is 8.65. The third-order valence-corrected chi connectivity index (χ3v) is 12.3. The average Bonchev–Trinajstić information content (AvgIpc) is 2.99. The third kappa shape index (κ3) is 8.12. The molecule has 1 amide bonds. The van der Waals surface area contributed by atoms with Crippen LogP contribution in [0.3, 0.4) is 0 Å². The number of carbonyl (C=O) groups excluding carboxylic acids is 1. The first-order valence-electron chi connectivity index (χ1n) is 14.2. The van der Waals surface area contributed by atoms with Crippen molar-refractivity contribution in [2.24, 2.45) is 5.41 Å². The minimum absolute atomic E-state index is 0.0103. The maximum atomic E-state index is 13.6. The van der Waals surface area contributed by atoms with E-state index in [-0.39, 0.29) is 11.8 Å². The smallest absolute Gasteiger partial charge is 0.345 e. The molecule has 0 aliphatic heterocycles. The van der Waals surface area contributed by atoms with Gasteiger partial charge in [-0.05, 0) is 65.6 Å². The Balaban J connectivity index is 1.85. The molecule has 5 nitrogen and oxygen atoms in total. The number of benzene rings is 4. The fraction of sp³-hybridized carbons (Fsp3) is 0.265. The number of nitrogens with one attached hydrogen (secondary N) is 1. The van der Waals surface area contributed by atoms with Crippen LogP contribution in [0.25, 0.3) is 0 Å². The van der Waals surface area contributed by atoms with Crippen LogP contribution in [0.5, 0.6) is 0 Å². The van der Waals surface area contributed by atoms with Gasteiger partial charge in [0.05, 0.1) is 52.3 Å². The number of nitro benzene ring substituents is 1. The Hall–Kier alpha value is -4.24. The van der Waals surface area contributed by atoms with E-state index in [0.29, 0.717) is 24.5 Å². The third-order valence-electron chi connectivity index (χ3n) is 7.80. The van der Waals surface area contributed by atoms with Gasteiger partial charge in [0.25, 0.3) is 11.6 Å². The lowest BCUT2D eigenvalue weighted by atomic mass is 9.87. The van der Waals surface area contributed by atoms with E-state index in [1.807, 2.05) is 81.4 Å². The summed E-state index contributed by atoms with van der Waals surface area (Å²) in [6, 6.07) is 25.3. The Morgan fingerprint density at radius 2 is 1.22 bits per heavy atom. The van der Waals surface area contributed by atoms with Crippen LogP contribution in [0.15, 0.2) is 103 Å². The largest absolute Gasteiger partial charge is 0.416 e. The zero-order valence-electron chi connectivity index (χ0n) is 25.2. The quantitative estimate of drug-likeness (QED) is 0.0845. The van der Waals surface area contributed by atoms with E-state index >= 15 is 0 Å². The highest BCUT2D eigenvalue weighted by Gasteiger charge is 2.48. The van der Waals surface area contributed by atoms with Crippen LogP contribution in [0, 0.1) is 15.5 Å². The number of non-ortho nitro benzene ring substituents is 1. The van der Waals surface area contributed by atoms with Crippen LogP contribution in [-0.4, -0.2) is 23.0 Å². The van der Waals surface area contributed by atoms with Gasteiger partial charge >= 0.3 is 12.4 Å². The van der Waals surface area contributed by atoms with Crippen molar-refractivity contribution in [3.63, 3.8) is 0 Å². The normalized spacial score (nSPS) is 13.2. The van der Waals surface area contributed by atoms with Crippen LogP contribution in [0.2, 0.25) is 0 Å². The second-order valence-corrected chi connectivity index (χ2v) is 15.7. The van der Waals surface area contributed by atoms with Gasteiger partial charge < -0.3 is 5.32 Å². The lowest BCUT2D eigenvalue weighted by molar-refractivity contribution is -0.384. The first-order valence-corrected chi connectivity index (χ1v) is 16.4. The molecule has 12 heteroatoms. The minimum atomic E-state index is -5.11. The van der Waals surface area contributed by atoms with Crippen molar-refractivity contribution in [2.75, 3.05) is 6.16 Å². The molecule has 0 saturated heterocycles. The zero-order chi connectivity index (χ0) is 33.9. The van der Waals surface area contributed by atoms with E-state index in [9.17, 15) is 41.3 Å². The maximum absolute atomic E-state index is 13.6. The monoisotopic (exact) mass is 661 g/mol. The molecule has 0 spiro atoms. The van der Waals surface area contributed by atoms with Gasteiger partial charge in [0, 0.05) is 17.7 Å². The van der Waals surface area contributed by atoms with Gasteiger partial charge in [-0.1, -0.05) is 57.2 Å². The molecule has 1 N–H and O–H groups in total. The number of carbonyl (C=O) groups is 1. The molecule has 4 aromatic carbocycles. The lowest BCUT2D eigenvalue weighted by Gasteiger charge is -2.37. The molecule has 1 atom stereocenters. The van der Waals surface area contributed by atoms with Crippen molar-refractivity contribution in [1.29, 1.82) is 0 Å². The van der Waals surface area contributed by atoms with Crippen molar-refractivity contribution in [2.45, 2.75) is 45.3 Å². The molecular formula is C34H32F6N2O3P+. The molecule has 0 bridgehead atoms. The summed E-state index contributed by atoms with van der Waals surface area (Å²) in [7, 11) is -2.58. The fourth-order valence-electron chi connectivity index (χ4n) is 5.24. The molecule has 0 saturated carbocycles. The summed E-state index contributed by atoms with van der Waals surface area (Å²) in [5, 5.41) is 16.0. The Bertz CT molecular complexity index is 1600. The molecule has 0 heterocycles. The van der Waals surface area contributed by atoms with Gasteiger partial charge in [-0.2, -0.15) is 26.3 Å². The van der Waals surface area contributed by atoms with Gasteiger partial charge in [0.1, 0.15) is 0 Å². The predicted molar refractivity (Wildman–Crippen MR) is 168 cm³/mol. The molecule has 4 rings (SSSR count). The van der Waals surface area contributed by atoms with Crippen LogP contribution in [0.1, 0.15) is 47.8 Å². The Kier molecular flexibility index (Phi) is 9.97. The fourth-order valence-corrected chi connectivity index (χ4v) is 10.0. The van der Waals surface area contributed by atoms with Gasteiger partial charge in [-0.15, -0.1) is 0 Å². The molecule has 0 fully saturated rings. The topological polar surface area (TPSA) is 72.2 Å². The standard InChI is InChI=1S/C34H31F6N2O3P/c1-32(2,3)30(41-31(43)24-18-25(33(35,36)37)20-26(19-24)34(38,39)40)22-46(28-10-6-4-7-11-28,29-12-8-5-9-13-29)21-23-14-16-27(17-15-23)42(44)45/h4-20,30H,21-22H2,1-3H3/p+1/t30-/m1/s1. The summed E-state index contributed by atoms with van der Waals surface area (Å²) < 4.78 is 81.6. The van der Waals surface area contributed by atoms with Gasteiger partial charge in [-0.3, -0.25) is 14.9 Å². The van der Waals surface area contributed by atoms with Crippen LogP contribution in [0.4, 0.5) is 32.0 Å². The van der Waals surface area contributed by atoms with E-state index < -0.39 is 58.6 Å². The molecular weight excluding hydrogens is 629 g/mol. The molecule has 0 unspecified atom stereocenters. The Labute approximate surface area is 263 Å². The summed E-state index contributed by atoms with van der Waals surface area (Å²) in [6.45, 7) is 5.51. The molecule has 0 aliphatic rings. The van der Waals surface area contributed by atoms with Gasteiger partial charge in [-0.25, -0.2) is 0 Å². The number of halogens is 6. The molecule has 242 valence electrons. The SMILES string of the molecule is CC(C)(C)[C@@H](C[P+](Cc1ccc([N+](=O)[O-])cc1)(c1ccccc1)c1ccccc1)NC(=O)c1cc(C(F)(F)F)cc(C(F)(F)F)c1. The summed E-state index contributed by atoms with van der Waals surface area (Å²) in [6.07, 6.45) is -9.50. The summed E-state index contributed by atoms with van der Waals surface area (Å²) in [5.41, 5.74) is -3.89. The Morgan fingerprint density at radius 1 is 0.761 bits per heavy atom. The van der Waals surface area contributed by atoms with E-state index in [1.54, 1.807) is 12.1 Å². The number of rotatable bonds is 9. The second-order valence-electron chi connectivity index (χ2n) is 12.1. The first-order chi connectivity index (χ1) is 21.4. The summed E-state index contributed by atoms with van der Waals surface area (Å²) >= 11 is 0. The summed E-state index contributed by atoms with van der Waals surface area (Å²) in [4.78, 5) is 24.4. The lowest BCUT2D eigenvalue weighted by Crippen LogP contribution is -2.48. The first kappa shape index (κ1) is 34.6. The van der Waals surface area contributed by atoms with E-state index in [2.05, 4.69) is 5.32 Å². The average molecular weight is 662 g/mol. The number of nitro groups is 1. The molecule has 46 heavy (non-hydrogen) atoms. The van der Waals surface area contributed by atoms with E-state index in [0.717, 1.165) is 16.2 Å². The molecule has 0 aliphatic carbocycles. The number of nitrogens with zero attached hydrogens (tertiary/aromatic N) is 1. The van der Waals surface area contributed by atoms with Crippen LogP contribution >= 0.6 is 7.26 Å². The van der Waals surface area contributed by atoms with Crippen molar-refractivity contribution in [1.82, 2.24) is 5.32 Å². The highest BCUT2D eigenvalue weighted by Crippen LogP contribution is 2.60. The number of hydrogen-bond donors (Lipinski definition) is 1. The van der Waals surface area contributed by atoms with Crippen molar-refractivity contribution >= 4 is 29.5 Å². The van der Waals surface area contributed by atoms with Crippen molar-refractivity contribution in [3.05, 3.63) is 135 Å². The molecule has 4 aromatic rings. The molecule has 0 radical (unpaired) electrons. The van der Waals surface area contributed by atoms with Gasteiger partial charge in [0.15, 0.2) is 0 Å². The van der Waals surface area contributed by atoms with Crippen LogP contribution in [-0.2, 0) is 18.5 Å². The number of alkyl halides is 6. The van der Waals surface area contributed by atoms with Crippen molar-refractivity contribution in [3.8, 4) is 0 Å². The highest BCUT2D eigenvalue weighted by molar-refractivity contribution is 7.88. The highest BCUT2D eigenvalue weighted by atomic mass is 31.2. The minimum Gasteiger partial charge on any atom is -0.345 e. The van der Waals surface area contributed by atoms with Gasteiger partial charge in [0.2, 0.25) is 0 Å². The second kappa shape index (κ2) is 13.2. The zero-order valence-corrected chi connectivity index (χ0v) is 26.1. The van der Waals surface area contributed by atoms with Crippen molar-refractivity contribution < 1.29 is 36.1 Å². The Morgan fingerprint density at radius 3 is 1.61 bits per heavy atom. The summed E-state index contributed by atoms with van der Waals surface area (Å²) in [5.74, 6) is -1.06. The van der Waals surface area contributed by atoms with E-state index in [1.165, 1.54) is 12.1 Å². The van der Waals surface area contributed by atoms with E-state index in [4.69, 9.17) is 0 Å². The maximum Gasteiger partial charge on any atom is 0.416 e. The van der Waals surface area contributed by atoms with Crippen LogP contribution < -0.4 is 15.9 Å². The number of hydrogen-bond acceptors (Lipinski definition) is 3.